The van der Waals surface area contributed by atoms with Gasteiger partial charge in [0.25, 0.3) is 5.91 Å². The van der Waals surface area contributed by atoms with Gasteiger partial charge in [-0.3, -0.25) is 15.2 Å². The van der Waals surface area contributed by atoms with Gasteiger partial charge in [0.1, 0.15) is 5.84 Å². The SMILES string of the molecule is N=C(N)c1cccc(C2=CCN(C(=O)c3ccc(-c4ccncc4)cc3)CC2)c1.O=C(O)C(F)(F)F.O=C(O)C(F)(F)F. The summed E-state index contributed by atoms with van der Waals surface area (Å²) in [5.74, 6) is -5.41. The summed E-state index contributed by atoms with van der Waals surface area (Å²) in [7, 11) is 0. The maximum atomic E-state index is 12.9. The molecule has 0 aliphatic carbocycles. The second-order valence-corrected chi connectivity index (χ2v) is 8.64. The number of amidine groups is 1. The van der Waals surface area contributed by atoms with Crippen molar-refractivity contribution in [3.8, 4) is 11.1 Å². The molecule has 2 heterocycles. The highest BCUT2D eigenvalue weighted by Crippen LogP contribution is 2.25. The van der Waals surface area contributed by atoms with E-state index in [-0.39, 0.29) is 11.7 Å². The predicted octanol–water partition coefficient (Wildman–Crippen LogP) is 5.23. The van der Waals surface area contributed by atoms with E-state index in [4.69, 9.17) is 30.9 Å². The summed E-state index contributed by atoms with van der Waals surface area (Å²) in [5, 5.41) is 21.9. The first-order valence-electron chi connectivity index (χ1n) is 12.0. The van der Waals surface area contributed by atoms with Gasteiger partial charge < -0.3 is 20.8 Å². The van der Waals surface area contributed by atoms with Crippen molar-refractivity contribution in [2.45, 2.75) is 18.8 Å². The van der Waals surface area contributed by atoms with Gasteiger partial charge >= 0.3 is 24.3 Å². The molecule has 9 nitrogen and oxygen atoms in total. The highest BCUT2D eigenvalue weighted by Gasteiger charge is 2.38. The smallest absolute Gasteiger partial charge is 0.475 e. The van der Waals surface area contributed by atoms with Crippen LogP contribution in [-0.4, -0.2) is 69.2 Å². The predicted molar refractivity (Wildman–Crippen MR) is 143 cm³/mol. The van der Waals surface area contributed by atoms with Crippen LogP contribution in [0.4, 0.5) is 26.3 Å². The number of aliphatic carboxylic acids is 2. The number of carbonyl (C=O) groups is 3. The Morgan fingerprint density at radius 1 is 0.791 bits per heavy atom. The maximum absolute atomic E-state index is 12.9. The van der Waals surface area contributed by atoms with E-state index >= 15 is 0 Å². The standard InChI is InChI=1S/C24H22N4O.2C2HF3O2/c25-23(26)22-3-1-2-21(16-22)19-10-14-28(15-11-19)24(29)20-6-4-17(5-7-20)18-8-12-27-13-9-18;2*3-2(4,5)1(6)7/h1-10,12-13,16H,11,14-15H2,(H3,25,26);2*(H,6,7). The average Bonchev–Trinajstić information content (AvgIpc) is 2.97. The summed E-state index contributed by atoms with van der Waals surface area (Å²) in [6.07, 6.45) is -3.77. The Morgan fingerprint density at radius 3 is 1.74 bits per heavy atom. The Hall–Kier alpha value is -5.21. The molecule has 3 aromatic rings. The highest BCUT2D eigenvalue weighted by molar-refractivity contribution is 5.96. The number of pyridine rings is 1. The summed E-state index contributed by atoms with van der Waals surface area (Å²) in [6, 6.07) is 19.3. The minimum absolute atomic E-state index is 0.0408. The molecule has 43 heavy (non-hydrogen) atoms. The highest BCUT2D eigenvalue weighted by atomic mass is 19.4. The summed E-state index contributed by atoms with van der Waals surface area (Å²) in [6.45, 7) is 1.24. The molecule has 1 amide bonds. The number of rotatable bonds is 4. The first-order chi connectivity index (χ1) is 20.0. The summed E-state index contributed by atoms with van der Waals surface area (Å²) in [5.41, 5.74) is 11.4. The lowest BCUT2D eigenvalue weighted by Crippen LogP contribution is -2.34. The van der Waals surface area contributed by atoms with Crippen molar-refractivity contribution in [2.75, 3.05) is 13.1 Å². The molecule has 1 aliphatic rings. The zero-order valence-electron chi connectivity index (χ0n) is 22.0. The molecule has 5 N–H and O–H groups in total. The Labute approximate surface area is 240 Å². The minimum Gasteiger partial charge on any atom is -0.475 e. The Bertz CT molecular complexity index is 1450. The molecule has 0 fully saturated rings. The summed E-state index contributed by atoms with van der Waals surface area (Å²) < 4.78 is 63.5. The number of nitrogens with zero attached hydrogens (tertiary/aromatic N) is 2. The van der Waals surface area contributed by atoms with Crippen LogP contribution in [0.1, 0.15) is 27.9 Å². The average molecular weight is 611 g/mol. The van der Waals surface area contributed by atoms with Crippen LogP contribution in [0.5, 0.6) is 0 Å². The first-order valence-corrected chi connectivity index (χ1v) is 12.0. The molecule has 0 atom stereocenters. The van der Waals surface area contributed by atoms with Crippen molar-refractivity contribution in [3.63, 3.8) is 0 Å². The van der Waals surface area contributed by atoms with Crippen LogP contribution in [0.2, 0.25) is 0 Å². The van der Waals surface area contributed by atoms with Crippen molar-refractivity contribution in [1.82, 2.24) is 9.88 Å². The number of carboxylic acid groups (broad SMARTS) is 2. The quantitative estimate of drug-likeness (QED) is 0.179. The fraction of sp³-hybridized carbons (Fsp3) is 0.179. The van der Waals surface area contributed by atoms with E-state index in [0.29, 0.717) is 18.7 Å². The molecular weight excluding hydrogens is 586 g/mol. The van der Waals surface area contributed by atoms with E-state index in [1.165, 1.54) is 5.57 Å². The number of halogens is 6. The number of carboxylic acids is 2. The van der Waals surface area contributed by atoms with E-state index in [0.717, 1.165) is 28.7 Å². The number of hydrogen-bond donors (Lipinski definition) is 4. The van der Waals surface area contributed by atoms with Gasteiger partial charge in [0.05, 0.1) is 0 Å². The second kappa shape index (κ2) is 14.6. The molecule has 0 unspecified atom stereocenters. The summed E-state index contributed by atoms with van der Waals surface area (Å²) in [4.78, 5) is 36.6. The zero-order chi connectivity index (χ0) is 32.4. The first kappa shape index (κ1) is 34.0. The monoisotopic (exact) mass is 610 g/mol. The van der Waals surface area contributed by atoms with Gasteiger partial charge in [-0.25, -0.2) is 9.59 Å². The molecule has 4 rings (SSSR count). The van der Waals surface area contributed by atoms with Crippen molar-refractivity contribution in [3.05, 3.63) is 95.8 Å². The Morgan fingerprint density at radius 2 is 1.30 bits per heavy atom. The van der Waals surface area contributed by atoms with Crippen molar-refractivity contribution in [1.29, 1.82) is 5.41 Å². The van der Waals surface area contributed by atoms with Crippen molar-refractivity contribution < 1.29 is 50.9 Å². The van der Waals surface area contributed by atoms with E-state index in [1.54, 1.807) is 12.4 Å². The number of hydrogen-bond acceptors (Lipinski definition) is 5. The maximum Gasteiger partial charge on any atom is 0.490 e. The van der Waals surface area contributed by atoms with Crippen LogP contribution >= 0.6 is 0 Å². The number of amides is 1. The molecule has 1 aromatic heterocycles. The van der Waals surface area contributed by atoms with Crippen molar-refractivity contribution >= 4 is 29.3 Å². The van der Waals surface area contributed by atoms with E-state index in [2.05, 4.69) is 11.1 Å². The van der Waals surface area contributed by atoms with Gasteiger partial charge in [0.15, 0.2) is 0 Å². The molecule has 0 radical (unpaired) electrons. The third kappa shape index (κ3) is 10.6. The van der Waals surface area contributed by atoms with E-state index in [1.807, 2.05) is 65.6 Å². The lowest BCUT2D eigenvalue weighted by atomic mass is 9.97. The number of benzene rings is 2. The molecule has 1 aliphatic heterocycles. The van der Waals surface area contributed by atoms with Crippen LogP contribution < -0.4 is 5.73 Å². The van der Waals surface area contributed by atoms with Crippen molar-refractivity contribution in [2.24, 2.45) is 5.73 Å². The van der Waals surface area contributed by atoms with Crippen LogP contribution in [0, 0.1) is 5.41 Å². The zero-order valence-corrected chi connectivity index (χ0v) is 22.0. The molecule has 0 saturated heterocycles. The lowest BCUT2D eigenvalue weighted by Gasteiger charge is -2.27. The van der Waals surface area contributed by atoms with Gasteiger partial charge in [-0.1, -0.05) is 36.4 Å². The number of carbonyl (C=O) groups excluding carboxylic acids is 1. The molecule has 0 saturated carbocycles. The molecule has 0 spiro atoms. The second-order valence-electron chi connectivity index (χ2n) is 8.64. The molecule has 0 bridgehead atoms. The van der Waals surface area contributed by atoms with Crippen LogP contribution in [0.25, 0.3) is 16.7 Å². The van der Waals surface area contributed by atoms with E-state index in [9.17, 15) is 31.1 Å². The number of aromatic nitrogens is 1. The number of alkyl halides is 6. The lowest BCUT2D eigenvalue weighted by molar-refractivity contribution is -0.193. The third-order valence-electron chi connectivity index (χ3n) is 5.67. The van der Waals surface area contributed by atoms with Gasteiger partial charge in [-0.2, -0.15) is 26.3 Å². The van der Waals surface area contributed by atoms with Gasteiger partial charge in [-0.05, 0) is 59.0 Å². The van der Waals surface area contributed by atoms with Gasteiger partial charge in [0, 0.05) is 36.6 Å². The topological polar surface area (TPSA) is 158 Å². The normalized spacial score (nSPS) is 12.9. The fourth-order valence-corrected chi connectivity index (χ4v) is 3.53. The number of nitrogens with one attached hydrogen (secondary N) is 1. The van der Waals surface area contributed by atoms with Gasteiger partial charge in [0.2, 0.25) is 0 Å². The van der Waals surface area contributed by atoms with E-state index < -0.39 is 24.3 Å². The van der Waals surface area contributed by atoms with Crippen LogP contribution in [-0.2, 0) is 9.59 Å². The molecule has 2 aromatic carbocycles. The fourth-order valence-electron chi connectivity index (χ4n) is 3.53. The molecule has 228 valence electrons. The van der Waals surface area contributed by atoms with Gasteiger partial charge in [-0.15, -0.1) is 0 Å². The Balaban J connectivity index is 0.000000384. The number of nitrogen functional groups attached to an aromatic ring is 1. The third-order valence-corrected chi connectivity index (χ3v) is 5.67. The molecular formula is C28H24F6N4O5. The van der Waals surface area contributed by atoms with Crippen LogP contribution in [0.15, 0.2) is 79.1 Å². The minimum atomic E-state index is -5.08. The largest absolute Gasteiger partial charge is 0.490 e. The molecule has 15 heteroatoms. The Kier molecular flexibility index (Phi) is 11.6. The number of nitrogens with two attached hydrogens (primary N) is 1. The van der Waals surface area contributed by atoms with Crippen LogP contribution in [0.3, 0.4) is 0 Å². The summed E-state index contributed by atoms with van der Waals surface area (Å²) >= 11 is 0.